The van der Waals surface area contributed by atoms with Gasteiger partial charge in [-0.25, -0.2) is 4.98 Å². The van der Waals surface area contributed by atoms with E-state index in [1.165, 1.54) is 17.2 Å². The van der Waals surface area contributed by atoms with Crippen molar-refractivity contribution in [2.45, 2.75) is 6.10 Å². The molecule has 0 spiro atoms. The molecule has 2 aromatic rings. The molecule has 13 heavy (non-hydrogen) atoms. The number of aromatic nitrogens is 5. The van der Waals surface area contributed by atoms with Gasteiger partial charge in [0.1, 0.15) is 12.0 Å². The summed E-state index contributed by atoms with van der Waals surface area (Å²) in [6, 6.07) is 0. The molecule has 0 aliphatic rings. The Kier molecular flexibility index (Phi) is 2.03. The van der Waals surface area contributed by atoms with Crippen molar-refractivity contribution >= 4 is 11.7 Å². The first kappa shape index (κ1) is 8.27. The summed E-state index contributed by atoms with van der Waals surface area (Å²) in [5.41, 5.74) is 0.501. The van der Waals surface area contributed by atoms with Crippen molar-refractivity contribution < 1.29 is 5.11 Å². The molecule has 0 aliphatic heterocycles. The van der Waals surface area contributed by atoms with Crippen molar-refractivity contribution in [1.82, 2.24) is 23.5 Å². The highest BCUT2D eigenvalue weighted by atomic mass is 32.1. The van der Waals surface area contributed by atoms with Crippen molar-refractivity contribution in [2.24, 2.45) is 7.05 Å². The molecule has 0 saturated heterocycles. The minimum atomic E-state index is -0.841. The molecule has 1 unspecified atom stereocenters. The summed E-state index contributed by atoms with van der Waals surface area (Å²) in [6.45, 7) is 0. The van der Waals surface area contributed by atoms with E-state index in [0.29, 0.717) is 11.5 Å². The molecule has 0 aromatic carbocycles. The standard InChI is InChI=1S/C6H7N5OS/c1-11-6(7-3-8-11)5(12)4-2-9-13-10-4/h2-3,5,12H,1H3. The van der Waals surface area contributed by atoms with Crippen LogP contribution >= 0.6 is 11.7 Å². The zero-order valence-electron chi connectivity index (χ0n) is 6.82. The minimum Gasteiger partial charge on any atom is -0.379 e. The molecule has 0 bridgehead atoms. The molecule has 0 amide bonds. The third-order valence-corrected chi connectivity index (χ3v) is 2.14. The highest BCUT2D eigenvalue weighted by Gasteiger charge is 2.17. The van der Waals surface area contributed by atoms with Gasteiger partial charge in [0.2, 0.25) is 0 Å². The quantitative estimate of drug-likeness (QED) is 0.718. The zero-order valence-corrected chi connectivity index (χ0v) is 7.64. The van der Waals surface area contributed by atoms with Gasteiger partial charge in [-0.2, -0.15) is 13.8 Å². The maximum atomic E-state index is 9.73. The Morgan fingerprint density at radius 1 is 1.62 bits per heavy atom. The molecule has 1 N–H and O–H groups in total. The fourth-order valence-electron chi connectivity index (χ4n) is 0.977. The van der Waals surface area contributed by atoms with E-state index in [-0.39, 0.29) is 0 Å². The zero-order chi connectivity index (χ0) is 9.26. The van der Waals surface area contributed by atoms with Crippen LogP contribution in [-0.4, -0.2) is 28.6 Å². The second-order valence-corrected chi connectivity index (χ2v) is 3.03. The topological polar surface area (TPSA) is 76.7 Å². The van der Waals surface area contributed by atoms with Crippen molar-refractivity contribution in [3.63, 3.8) is 0 Å². The number of hydrogen-bond donors (Lipinski definition) is 1. The van der Waals surface area contributed by atoms with Crippen molar-refractivity contribution in [3.05, 3.63) is 24.0 Å². The van der Waals surface area contributed by atoms with Gasteiger partial charge in [0.05, 0.1) is 17.9 Å². The summed E-state index contributed by atoms with van der Waals surface area (Å²) in [7, 11) is 1.71. The van der Waals surface area contributed by atoms with Gasteiger partial charge in [-0.1, -0.05) is 0 Å². The smallest absolute Gasteiger partial charge is 0.161 e. The second-order valence-electron chi connectivity index (χ2n) is 2.48. The van der Waals surface area contributed by atoms with E-state index in [4.69, 9.17) is 0 Å². The third kappa shape index (κ3) is 1.43. The van der Waals surface area contributed by atoms with Crippen LogP contribution in [0.25, 0.3) is 0 Å². The molecular weight excluding hydrogens is 190 g/mol. The first-order valence-corrected chi connectivity index (χ1v) is 4.31. The molecule has 2 heterocycles. The Morgan fingerprint density at radius 2 is 2.46 bits per heavy atom. The Bertz CT molecular complexity index is 383. The highest BCUT2D eigenvalue weighted by Crippen LogP contribution is 2.16. The predicted octanol–water partition coefficient (Wildman–Crippen LogP) is -0.252. The minimum absolute atomic E-state index is 0.465. The Hall–Kier alpha value is -1.34. The number of aliphatic hydroxyl groups is 1. The van der Waals surface area contributed by atoms with E-state index in [1.807, 2.05) is 0 Å². The fraction of sp³-hybridized carbons (Fsp3) is 0.333. The number of nitrogens with zero attached hydrogens (tertiary/aromatic N) is 5. The Morgan fingerprint density at radius 3 is 3.00 bits per heavy atom. The summed E-state index contributed by atoms with van der Waals surface area (Å²) in [6.07, 6.45) is 2.06. The van der Waals surface area contributed by atoms with E-state index in [1.54, 1.807) is 7.05 Å². The average molecular weight is 197 g/mol. The van der Waals surface area contributed by atoms with Crippen molar-refractivity contribution in [1.29, 1.82) is 0 Å². The second kappa shape index (κ2) is 3.19. The summed E-state index contributed by atoms with van der Waals surface area (Å²) >= 11 is 1.05. The maximum absolute atomic E-state index is 9.73. The van der Waals surface area contributed by atoms with Crippen molar-refractivity contribution in [2.75, 3.05) is 0 Å². The third-order valence-electron chi connectivity index (χ3n) is 1.65. The van der Waals surface area contributed by atoms with E-state index in [0.717, 1.165) is 11.7 Å². The molecular formula is C6H7N5OS. The Balaban J connectivity index is 2.33. The largest absolute Gasteiger partial charge is 0.379 e. The van der Waals surface area contributed by atoms with E-state index >= 15 is 0 Å². The lowest BCUT2D eigenvalue weighted by molar-refractivity contribution is 0.201. The highest BCUT2D eigenvalue weighted by molar-refractivity contribution is 6.99. The van der Waals surface area contributed by atoms with Crippen LogP contribution in [0.5, 0.6) is 0 Å². The lowest BCUT2D eigenvalue weighted by Crippen LogP contribution is -2.08. The molecule has 0 radical (unpaired) electrons. The van der Waals surface area contributed by atoms with Crippen LogP contribution in [0, 0.1) is 0 Å². The van der Waals surface area contributed by atoms with Gasteiger partial charge < -0.3 is 5.11 Å². The van der Waals surface area contributed by atoms with Crippen LogP contribution in [0.2, 0.25) is 0 Å². The van der Waals surface area contributed by atoms with Crippen LogP contribution in [0.15, 0.2) is 12.5 Å². The summed E-state index contributed by atoms with van der Waals surface area (Å²) < 4.78 is 9.21. The molecule has 0 aliphatic carbocycles. The van der Waals surface area contributed by atoms with Crippen LogP contribution in [0.1, 0.15) is 17.6 Å². The SMILES string of the molecule is Cn1ncnc1C(O)c1cnsn1. The number of aryl methyl sites for hydroxylation is 1. The molecule has 68 valence electrons. The lowest BCUT2D eigenvalue weighted by atomic mass is 10.2. The normalized spacial score (nSPS) is 13.1. The first-order valence-electron chi connectivity index (χ1n) is 3.58. The molecule has 0 fully saturated rings. The number of rotatable bonds is 2. The van der Waals surface area contributed by atoms with Gasteiger partial charge in [-0.15, -0.1) is 0 Å². The van der Waals surface area contributed by atoms with Gasteiger partial charge in [0.25, 0.3) is 0 Å². The monoisotopic (exact) mass is 197 g/mol. The molecule has 2 rings (SSSR count). The average Bonchev–Trinajstić information content (AvgIpc) is 2.72. The Labute approximate surface area is 78.2 Å². The van der Waals surface area contributed by atoms with Crippen molar-refractivity contribution in [3.8, 4) is 0 Å². The van der Waals surface area contributed by atoms with Crippen LogP contribution in [-0.2, 0) is 7.05 Å². The van der Waals surface area contributed by atoms with Gasteiger partial charge in [-0.3, -0.25) is 4.68 Å². The molecule has 1 atom stereocenters. The van der Waals surface area contributed by atoms with Crippen LogP contribution in [0.4, 0.5) is 0 Å². The number of hydrogen-bond acceptors (Lipinski definition) is 6. The summed E-state index contributed by atoms with van der Waals surface area (Å²) in [5, 5.41) is 13.6. The predicted molar refractivity (Wildman–Crippen MR) is 45.0 cm³/mol. The number of aliphatic hydroxyl groups excluding tert-OH is 1. The summed E-state index contributed by atoms with van der Waals surface area (Å²) in [5.74, 6) is 0.465. The fourth-order valence-corrected chi connectivity index (χ4v) is 1.42. The summed E-state index contributed by atoms with van der Waals surface area (Å²) in [4.78, 5) is 3.91. The molecule has 0 saturated carbocycles. The first-order chi connectivity index (χ1) is 6.29. The lowest BCUT2D eigenvalue weighted by Gasteiger charge is -2.04. The van der Waals surface area contributed by atoms with Gasteiger partial charge in [0.15, 0.2) is 11.9 Å². The molecule has 2 aromatic heterocycles. The van der Waals surface area contributed by atoms with E-state index in [9.17, 15) is 5.11 Å². The van der Waals surface area contributed by atoms with Gasteiger partial charge >= 0.3 is 0 Å². The molecule has 7 heteroatoms. The molecule has 6 nitrogen and oxygen atoms in total. The van der Waals surface area contributed by atoms with Gasteiger partial charge in [-0.05, 0) is 0 Å². The van der Waals surface area contributed by atoms with E-state index in [2.05, 4.69) is 18.8 Å². The van der Waals surface area contributed by atoms with E-state index < -0.39 is 6.10 Å². The van der Waals surface area contributed by atoms with Gasteiger partial charge in [0, 0.05) is 7.05 Å². The maximum Gasteiger partial charge on any atom is 0.161 e. The van der Waals surface area contributed by atoms with Crippen LogP contribution < -0.4 is 0 Å². The van der Waals surface area contributed by atoms with Crippen LogP contribution in [0.3, 0.4) is 0 Å².